The zero-order valence-corrected chi connectivity index (χ0v) is 31.0. The van der Waals surface area contributed by atoms with Crippen LogP contribution in [0.25, 0.3) is 117 Å². The van der Waals surface area contributed by atoms with Crippen LogP contribution in [0.5, 0.6) is 0 Å². The summed E-state index contributed by atoms with van der Waals surface area (Å²) < 4.78 is 8.92. The lowest BCUT2D eigenvalue weighted by Crippen LogP contribution is -2.01. The predicted molar refractivity (Wildman–Crippen MR) is 236 cm³/mol. The molecule has 6 heteroatoms. The second-order valence-electron chi connectivity index (χ2n) is 14.6. The molecule has 0 saturated carbocycles. The molecule has 3 heterocycles. The second-order valence-corrected chi connectivity index (χ2v) is 14.6. The molecule has 0 aliphatic carbocycles. The van der Waals surface area contributed by atoms with Crippen LogP contribution in [0.3, 0.4) is 0 Å². The molecule has 3 aromatic heterocycles. The molecule has 0 atom stereocenters. The van der Waals surface area contributed by atoms with Crippen molar-refractivity contribution in [2.75, 3.05) is 0 Å². The minimum Gasteiger partial charge on any atom is -0.435 e. The summed E-state index contributed by atoms with van der Waals surface area (Å²) in [7, 11) is 0. The molecule has 0 fully saturated rings. The van der Waals surface area contributed by atoms with E-state index in [1.54, 1.807) is 0 Å². The maximum absolute atomic E-state index is 6.60. The van der Waals surface area contributed by atoms with Crippen LogP contribution in [0.2, 0.25) is 0 Å². The van der Waals surface area contributed by atoms with Gasteiger partial charge in [0.25, 0.3) is 0 Å². The summed E-state index contributed by atoms with van der Waals surface area (Å²) in [6, 6.07) is 65.1. The van der Waals surface area contributed by atoms with Crippen molar-refractivity contribution < 1.29 is 4.42 Å². The molecule has 0 aliphatic rings. The van der Waals surface area contributed by atoms with Gasteiger partial charge in [0.05, 0.1) is 11.0 Å². The number of hydrogen-bond donors (Lipinski definition) is 0. The monoisotopic (exact) mass is 741 g/mol. The van der Waals surface area contributed by atoms with Crippen LogP contribution in [0.15, 0.2) is 192 Å². The highest BCUT2D eigenvalue weighted by atomic mass is 16.3. The highest BCUT2D eigenvalue weighted by Crippen LogP contribution is 2.41. The molecular weight excluding hydrogens is 711 g/mol. The zero-order valence-electron chi connectivity index (χ0n) is 31.0. The molecular formula is C52H31N5O. The van der Waals surface area contributed by atoms with Gasteiger partial charge in [-0.2, -0.15) is 0 Å². The van der Waals surface area contributed by atoms with Crippen molar-refractivity contribution in [1.82, 2.24) is 24.5 Å². The van der Waals surface area contributed by atoms with Gasteiger partial charge in [-0.1, -0.05) is 133 Å². The van der Waals surface area contributed by atoms with Crippen molar-refractivity contribution in [1.29, 1.82) is 0 Å². The fraction of sp³-hybridized carbons (Fsp3) is 0. The zero-order chi connectivity index (χ0) is 38.2. The molecule has 0 radical (unpaired) electrons. The highest BCUT2D eigenvalue weighted by Gasteiger charge is 2.19. The van der Waals surface area contributed by atoms with Crippen LogP contribution < -0.4 is 0 Å². The number of benzene rings is 9. The third kappa shape index (κ3) is 5.05. The van der Waals surface area contributed by atoms with Gasteiger partial charge in [-0.05, 0) is 76.1 Å². The molecule has 0 unspecified atom stereocenters. The van der Waals surface area contributed by atoms with Gasteiger partial charge in [-0.3, -0.25) is 0 Å². The van der Waals surface area contributed by atoms with Crippen LogP contribution in [0.4, 0.5) is 0 Å². The Morgan fingerprint density at radius 1 is 0.362 bits per heavy atom. The summed E-state index contributed by atoms with van der Waals surface area (Å²) >= 11 is 0. The lowest BCUT2D eigenvalue weighted by Gasteiger charge is -2.13. The van der Waals surface area contributed by atoms with Crippen molar-refractivity contribution in [3.05, 3.63) is 188 Å². The molecule has 0 N–H and O–H groups in total. The number of para-hydroxylation sites is 2. The number of rotatable bonds is 5. The smallest absolute Gasteiger partial charge is 0.227 e. The Morgan fingerprint density at radius 3 is 1.62 bits per heavy atom. The molecule has 12 aromatic rings. The third-order valence-corrected chi connectivity index (χ3v) is 11.3. The first-order chi connectivity index (χ1) is 28.7. The van der Waals surface area contributed by atoms with E-state index in [-0.39, 0.29) is 0 Å². The fourth-order valence-electron chi connectivity index (χ4n) is 8.58. The Hall–Kier alpha value is -7.96. The van der Waals surface area contributed by atoms with E-state index in [0.717, 1.165) is 71.4 Å². The van der Waals surface area contributed by atoms with Crippen molar-refractivity contribution >= 4 is 65.2 Å². The number of aromatic nitrogens is 5. The topological polar surface area (TPSA) is 69.6 Å². The average molecular weight is 742 g/mol. The normalized spacial score (nSPS) is 11.8. The summed E-state index contributed by atoms with van der Waals surface area (Å²) in [6.07, 6.45) is 0. The summed E-state index contributed by atoms with van der Waals surface area (Å²) in [5.74, 6) is 2.44. The van der Waals surface area contributed by atoms with Crippen molar-refractivity contribution in [2.24, 2.45) is 0 Å². The van der Waals surface area contributed by atoms with E-state index >= 15 is 0 Å². The first-order valence-electron chi connectivity index (χ1n) is 19.4. The van der Waals surface area contributed by atoms with E-state index < -0.39 is 0 Å². The maximum atomic E-state index is 6.60. The molecule has 58 heavy (non-hydrogen) atoms. The van der Waals surface area contributed by atoms with Crippen LogP contribution in [-0.4, -0.2) is 24.5 Å². The summed E-state index contributed by atoms with van der Waals surface area (Å²) in [5.41, 5.74) is 8.71. The Kier molecular flexibility index (Phi) is 7.13. The van der Waals surface area contributed by atoms with Gasteiger partial charge >= 0.3 is 0 Å². The molecule has 12 rings (SSSR count). The minimum absolute atomic E-state index is 0.607. The van der Waals surface area contributed by atoms with E-state index in [2.05, 4.69) is 126 Å². The van der Waals surface area contributed by atoms with Crippen molar-refractivity contribution in [2.45, 2.75) is 0 Å². The van der Waals surface area contributed by atoms with Crippen LogP contribution >= 0.6 is 0 Å². The Labute approximate surface area is 332 Å². The lowest BCUT2D eigenvalue weighted by atomic mass is 9.93. The van der Waals surface area contributed by atoms with E-state index in [9.17, 15) is 0 Å². The number of hydrogen-bond acceptors (Lipinski definition) is 5. The molecule has 0 saturated heterocycles. The van der Waals surface area contributed by atoms with Gasteiger partial charge in [-0.15, -0.1) is 0 Å². The van der Waals surface area contributed by atoms with Crippen LogP contribution in [-0.2, 0) is 0 Å². The summed E-state index contributed by atoms with van der Waals surface area (Å²) in [4.78, 5) is 20.4. The van der Waals surface area contributed by atoms with E-state index in [1.165, 1.54) is 21.8 Å². The van der Waals surface area contributed by atoms with Gasteiger partial charge in [0.15, 0.2) is 23.1 Å². The Balaban J connectivity index is 1.04. The molecule has 0 spiro atoms. The molecule has 9 aromatic carbocycles. The average Bonchev–Trinajstić information content (AvgIpc) is 3.89. The van der Waals surface area contributed by atoms with Crippen molar-refractivity contribution in [3.8, 4) is 51.3 Å². The summed E-state index contributed by atoms with van der Waals surface area (Å²) in [5, 5.41) is 8.95. The SMILES string of the molecule is c1ccc(-c2nc(-c3ccc(-n4c5ccccc5c5ccccc54)cc3)nc(-c3cccc4c3ccc3ccc5ccc6nc(-c7ccccc7)oc6c5c34)n2)cc1. The lowest BCUT2D eigenvalue weighted by molar-refractivity contribution is 0.623. The number of nitrogens with zero attached hydrogens (tertiary/aromatic N) is 5. The highest BCUT2D eigenvalue weighted by molar-refractivity contribution is 6.27. The van der Waals surface area contributed by atoms with Crippen LogP contribution in [0, 0.1) is 0 Å². The van der Waals surface area contributed by atoms with Gasteiger partial charge in [-0.25, -0.2) is 19.9 Å². The van der Waals surface area contributed by atoms with Crippen LogP contribution in [0.1, 0.15) is 0 Å². The van der Waals surface area contributed by atoms with E-state index in [1.807, 2.05) is 66.7 Å². The first kappa shape index (κ1) is 32.3. The third-order valence-electron chi connectivity index (χ3n) is 11.3. The first-order valence-corrected chi connectivity index (χ1v) is 19.4. The standard InChI is InChI=1S/C52H31N5O/c1-3-12-34(13-4-1)49-54-50(35-24-28-37(29-25-35)57-44-20-9-7-16-39(44)40-17-8-10-21-45(40)57)56-51(55-49)42-19-11-18-41-38(42)30-26-32-22-23-33-27-31-43-48(47(33)46(32)41)58-52(53-43)36-14-5-2-6-15-36/h1-31H. The minimum atomic E-state index is 0.607. The van der Waals surface area contributed by atoms with E-state index in [4.69, 9.17) is 24.4 Å². The summed E-state index contributed by atoms with van der Waals surface area (Å²) in [6.45, 7) is 0. The quantitative estimate of drug-likeness (QED) is 0.164. The Morgan fingerprint density at radius 2 is 0.914 bits per heavy atom. The van der Waals surface area contributed by atoms with Gasteiger partial charge in [0.2, 0.25) is 5.89 Å². The predicted octanol–water partition coefficient (Wildman–Crippen LogP) is 13.2. The van der Waals surface area contributed by atoms with Crippen molar-refractivity contribution in [3.63, 3.8) is 0 Å². The largest absolute Gasteiger partial charge is 0.435 e. The number of fused-ring (bicyclic) bond motifs is 10. The molecule has 0 amide bonds. The Bertz CT molecular complexity index is 3500. The number of oxazole rings is 1. The van der Waals surface area contributed by atoms with E-state index in [0.29, 0.717) is 23.4 Å². The molecule has 6 nitrogen and oxygen atoms in total. The fourth-order valence-corrected chi connectivity index (χ4v) is 8.58. The second kappa shape index (κ2) is 12.8. The van der Waals surface area contributed by atoms with Gasteiger partial charge in [0.1, 0.15) is 5.52 Å². The molecule has 0 aliphatic heterocycles. The maximum Gasteiger partial charge on any atom is 0.227 e. The van der Waals surface area contributed by atoms with Gasteiger partial charge < -0.3 is 8.98 Å². The van der Waals surface area contributed by atoms with Gasteiger partial charge in [0, 0.05) is 49.5 Å². The molecule has 0 bridgehead atoms. The molecule has 270 valence electrons.